The van der Waals surface area contributed by atoms with Gasteiger partial charge in [-0.15, -0.1) is 0 Å². The Balaban J connectivity index is 1.97. The van der Waals surface area contributed by atoms with Crippen molar-refractivity contribution in [1.82, 2.24) is 10.3 Å². The number of rotatable bonds is 6. The zero-order valence-corrected chi connectivity index (χ0v) is 12.7. The van der Waals surface area contributed by atoms with Crippen molar-refractivity contribution < 1.29 is 9.53 Å². The topological polar surface area (TPSA) is 75.0 Å². The van der Waals surface area contributed by atoms with Crippen LogP contribution in [0.4, 0.5) is 0 Å². The number of hydrogen-bond acceptors (Lipinski definition) is 5. The maximum atomic E-state index is 11.6. The number of hydrogen-bond donors (Lipinski definition) is 2. The molecular formula is C16H15N3O2S. The van der Waals surface area contributed by atoms with Gasteiger partial charge in [0.1, 0.15) is 23.3 Å². The van der Waals surface area contributed by atoms with Crippen LogP contribution in [0.5, 0.6) is 11.5 Å². The molecule has 2 rings (SSSR count). The van der Waals surface area contributed by atoms with Gasteiger partial charge in [0.25, 0.3) is 0 Å². The monoisotopic (exact) mass is 313 g/mol. The molecule has 112 valence electrons. The Labute approximate surface area is 134 Å². The smallest absolute Gasteiger partial charge is 0.224 e. The summed E-state index contributed by atoms with van der Waals surface area (Å²) in [6.07, 6.45) is 1.84. The Hall–Kier alpha value is -2.52. The Kier molecular flexibility index (Phi) is 5.81. The van der Waals surface area contributed by atoms with Crippen molar-refractivity contribution in [3.8, 4) is 17.6 Å². The molecular weight excluding hydrogens is 298 g/mol. The molecule has 1 aromatic heterocycles. The van der Waals surface area contributed by atoms with Crippen molar-refractivity contribution in [3.05, 3.63) is 53.9 Å². The molecule has 0 saturated heterocycles. The van der Waals surface area contributed by atoms with E-state index in [9.17, 15) is 4.79 Å². The van der Waals surface area contributed by atoms with Crippen LogP contribution in [0.3, 0.4) is 0 Å². The summed E-state index contributed by atoms with van der Waals surface area (Å²) in [6.45, 7) is 0.562. The molecule has 22 heavy (non-hydrogen) atoms. The molecule has 0 spiro atoms. The van der Waals surface area contributed by atoms with Gasteiger partial charge in [-0.3, -0.25) is 4.79 Å². The summed E-state index contributed by atoms with van der Waals surface area (Å²) >= 11 is 4.04. The van der Waals surface area contributed by atoms with Gasteiger partial charge in [0, 0.05) is 24.6 Å². The van der Waals surface area contributed by atoms with Crippen LogP contribution in [0, 0.1) is 11.3 Å². The van der Waals surface area contributed by atoms with E-state index in [1.54, 1.807) is 24.3 Å². The fourth-order valence-electron chi connectivity index (χ4n) is 1.79. The van der Waals surface area contributed by atoms with E-state index < -0.39 is 0 Å². The highest BCUT2D eigenvalue weighted by atomic mass is 32.1. The minimum Gasteiger partial charge on any atom is -0.457 e. The number of thiol groups is 1. The van der Waals surface area contributed by atoms with Gasteiger partial charge in [-0.05, 0) is 23.8 Å². The van der Waals surface area contributed by atoms with Crippen molar-refractivity contribution in [2.24, 2.45) is 0 Å². The molecule has 5 nitrogen and oxygen atoms in total. The summed E-state index contributed by atoms with van der Waals surface area (Å²) in [5, 5.41) is 11.6. The molecule has 2 aromatic rings. The third kappa shape index (κ3) is 4.79. The summed E-state index contributed by atoms with van der Waals surface area (Å²) in [7, 11) is 0. The van der Waals surface area contributed by atoms with Crippen LogP contribution < -0.4 is 10.1 Å². The third-order valence-electron chi connectivity index (χ3n) is 2.80. The first-order chi connectivity index (χ1) is 10.7. The molecule has 0 aliphatic rings. The van der Waals surface area contributed by atoms with Gasteiger partial charge in [-0.1, -0.05) is 12.1 Å². The van der Waals surface area contributed by atoms with Gasteiger partial charge in [-0.25, -0.2) is 4.98 Å². The highest BCUT2D eigenvalue weighted by Crippen LogP contribution is 2.21. The largest absolute Gasteiger partial charge is 0.457 e. The summed E-state index contributed by atoms with van der Waals surface area (Å²) in [5.74, 6) is 1.77. The van der Waals surface area contributed by atoms with E-state index in [2.05, 4.69) is 22.9 Å². The van der Waals surface area contributed by atoms with Gasteiger partial charge in [0.15, 0.2) is 0 Å². The van der Waals surface area contributed by atoms with E-state index >= 15 is 0 Å². The Morgan fingerprint density at radius 2 is 2.05 bits per heavy atom. The number of nitriles is 1. The van der Waals surface area contributed by atoms with Gasteiger partial charge in [-0.2, -0.15) is 17.9 Å². The lowest BCUT2D eigenvalue weighted by Crippen LogP contribution is -2.26. The van der Waals surface area contributed by atoms with Crippen LogP contribution in [0.25, 0.3) is 0 Å². The van der Waals surface area contributed by atoms with Crippen molar-refractivity contribution >= 4 is 18.5 Å². The molecule has 1 N–H and O–H groups in total. The predicted molar refractivity (Wildman–Crippen MR) is 86.0 cm³/mol. The molecule has 0 unspecified atom stereocenters. The van der Waals surface area contributed by atoms with Crippen molar-refractivity contribution in [2.45, 2.75) is 6.42 Å². The van der Waals surface area contributed by atoms with Crippen LogP contribution in [-0.4, -0.2) is 23.2 Å². The second-order valence-corrected chi connectivity index (χ2v) is 4.93. The fourth-order valence-corrected chi connectivity index (χ4v) is 1.90. The minimum atomic E-state index is -0.0319. The Morgan fingerprint density at radius 1 is 1.27 bits per heavy atom. The first-order valence-corrected chi connectivity index (χ1v) is 7.35. The molecule has 0 saturated carbocycles. The number of benzene rings is 1. The minimum absolute atomic E-state index is 0.0319. The Morgan fingerprint density at radius 3 is 2.73 bits per heavy atom. The van der Waals surface area contributed by atoms with Gasteiger partial charge < -0.3 is 10.1 Å². The molecule has 1 aromatic carbocycles. The van der Waals surface area contributed by atoms with E-state index in [0.29, 0.717) is 35.9 Å². The number of carbonyl (C=O) groups excluding carboxylic acids is 1. The first-order valence-electron chi connectivity index (χ1n) is 6.72. The van der Waals surface area contributed by atoms with Crippen molar-refractivity contribution in [2.75, 3.05) is 12.3 Å². The van der Waals surface area contributed by atoms with Gasteiger partial charge >= 0.3 is 0 Å². The normalized spacial score (nSPS) is 9.82. The number of amides is 1. The highest BCUT2D eigenvalue weighted by molar-refractivity contribution is 7.80. The highest BCUT2D eigenvalue weighted by Gasteiger charge is 2.04. The van der Waals surface area contributed by atoms with Gasteiger partial charge in [0.2, 0.25) is 5.91 Å². The van der Waals surface area contributed by atoms with Crippen LogP contribution in [0.2, 0.25) is 0 Å². The number of aromatic nitrogens is 1. The average molecular weight is 313 g/mol. The molecule has 0 radical (unpaired) electrons. The lowest BCUT2D eigenvalue weighted by atomic mass is 10.1. The lowest BCUT2D eigenvalue weighted by molar-refractivity contribution is -0.120. The molecule has 0 fully saturated rings. The van der Waals surface area contributed by atoms with Gasteiger partial charge in [0.05, 0.1) is 6.42 Å². The molecule has 0 aliphatic carbocycles. The fraction of sp³-hybridized carbons (Fsp3) is 0.188. The summed E-state index contributed by atoms with van der Waals surface area (Å²) < 4.78 is 5.64. The van der Waals surface area contributed by atoms with Crippen LogP contribution in [0.1, 0.15) is 11.3 Å². The maximum Gasteiger partial charge on any atom is 0.224 e. The quantitative estimate of drug-likeness (QED) is 0.803. The second kappa shape index (κ2) is 8.05. The molecule has 6 heteroatoms. The maximum absolute atomic E-state index is 11.6. The average Bonchev–Trinajstić information content (AvgIpc) is 2.55. The van der Waals surface area contributed by atoms with Crippen LogP contribution >= 0.6 is 12.6 Å². The van der Waals surface area contributed by atoms with E-state index in [4.69, 9.17) is 10.00 Å². The summed E-state index contributed by atoms with van der Waals surface area (Å²) in [6, 6.07) is 12.4. The number of pyridine rings is 1. The molecule has 1 heterocycles. The number of carbonyl (C=O) groups is 1. The van der Waals surface area contributed by atoms with Crippen LogP contribution in [0.15, 0.2) is 42.6 Å². The SMILES string of the molecule is N#Cc1cc(Oc2ccc(CC(=O)NCCS)cc2)ccn1. The van der Waals surface area contributed by atoms with E-state index in [0.717, 1.165) is 5.56 Å². The van der Waals surface area contributed by atoms with E-state index in [-0.39, 0.29) is 5.91 Å². The molecule has 0 aliphatic heterocycles. The molecule has 1 amide bonds. The standard InChI is InChI=1S/C16H15N3O2S/c17-11-13-10-15(5-6-18-13)21-14-3-1-12(2-4-14)9-16(20)19-7-8-22/h1-6,10,22H,7-9H2,(H,19,20). The van der Waals surface area contributed by atoms with E-state index in [1.807, 2.05) is 18.2 Å². The van der Waals surface area contributed by atoms with Crippen molar-refractivity contribution in [3.63, 3.8) is 0 Å². The second-order valence-electron chi connectivity index (χ2n) is 4.48. The van der Waals surface area contributed by atoms with Crippen LogP contribution in [-0.2, 0) is 11.2 Å². The third-order valence-corrected chi connectivity index (χ3v) is 3.03. The lowest BCUT2D eigenvalue weighted by Gasteiger charge is -2.07. The zero-order chi connectivity index (χ0) is 15.8. The summed E-state index contributed by atoms with van der Waals surface area (Å²) in [5.41, 5.74) is 1.20. The number of nitrogens with one attached hydrogen (secondary N) is 1. The number of nitrogens with zero attached hydrogens (tertiary/aromatic N) is 2. The zero-order valence-electron chi connectivity index (χ0n) is 11.8. The molecule has 0 bridgehead atoms. The molecule has 0 atom stereocenters. The Bertz CT molecular complexity index is 681. The van der Waals surface area contributed by atoms with E-state index in [1.165, 1.54) is 6.20 Å². The summed E-state index contributed by atoms with van der Waals surface area (Å²) in [4.78, 5) is 15.5. The first kappa shape index (κ1) is 15.9. The van der Waals surface area contributed by atoms with Crippen molar-refractivity contribution in [1.29, 1.82) is 5.26 Å². The predicted octanol–water partition coefficient (Wildman–Crippen LogP) is 2.33. The number of ether oxygens (including phenoxy) is 1.